The number of rotatable bonds is 1. The van der Waals surface area contributed by atoms with Crippen LogP contribution in [0.25, 0.3) is 11.1 Å². The van der Waals surface area contributed by atoms with Gasteiger partial charge in [-0.3, -0.25) is 14.4 Å². The number of aromatic hydroxyl groups is 1. The van der Waals surface area contributed by atoms with Gasteiger partial charge in [0.05, 0.1) is 0 Å². The van der Waals surface area contributed by atoms with Gasteiger partial charge in [0.15, 0.2) is 0 Å². The summed E-state index contributed by atoms with van der Waals surface area (Å²) in [4.78, 5) is 40.0. The molecular formula is C29H31N3O4. The van der Waals surface area contributed by atoms with Crippen molar-refractivity contribution in [2.24, 2.45) is 0 Å². The molecule has 0 atom stereocenters. The predicted octanol–water partition coefficient (Wildman–Crippen LogP) is 3.77. The second kappa shape index (κ2) is 12.0. The number of amides is 3. The molecule has 3 aromatic carbocycles. The van der Waals surface area contributed by atoms with E-state index in [0.717, 1.165) is 11.1 Å². The molecule has 0 saturated heterocycles. The van der Waals surface area contributed by atoms with Crippen LogP contribution in [0, 0.1) is 0 Å². The Kier molecular flexibility index (Phi) is 8.34. The van der Waals surface area contributed by atoms with E-state index >= 15 is 0 Å². The van der Waals surface area contributed by atoms with Gasteiger partial charge >= 0.3 is 0 Å². The minimum Gasteiger partial charge on any atom is -0.507 e. The predicted molar refractivity (Wildman–Crippen MR) is 139 cm³/mol. The van der Waals surface area contributed by atoms with E-state index in [0.29, 0.717) is 68.6 Å². The molecule has 0 unspecified atom stereocenters. The van der Waals surface area contributed by atoms with Gasteiger partial charge in [-0.25, -0.2) is 0 Å². The first-order chi connectivity index (χ1) is 17.5. The molecule has 1 aliphatic heterocycles. The van der Waals surface area contributed by atoms with Gasteiger partial charge in [0, 0.05) is 49.3 Å². The first kappa shape index (κ1) is 25.0. The largest absolute Gasteiger partial charge is 0.507 e. The van der Waals surface area contributed by atoms with Gasteiger partial charge in [0.2, 0.25) is 5.91 Å². The molecule has 0 aromatic heterocycles. The fourth-order valence-electron chi connectivity index (χ4n) is 4.32. The lowest BCUT2D eigenvalue weighted by Gasteiger charge is -2.23. The fraction of sp³-hybridized carbons (Fsp3) is 0.276. The Bertz CT molecular complexity index is 1230. The zero-order valence-electron chi connectivity index (χ0n) is 20.2. The molecule has 0 radical (unpaired) electrons. The second-order valence-electron chi connectivity index (χ2n) is 8.90. The third kappa shape index (κ3) is 6.50. The van der Waals surface area contributed by atoms with Crippen molar-refractivity contribution in [1.82, 2.24) is 15.5 Å². The zero-order chi connectivity index (χ0) is 25.3. The number of nitrogens with one attached hydrogen (secondary N) is 2. The summed E-state index contributed by atoms with van der Waals surface area (Å²) >= 11 is 0. The number of carbonyl (C=O) groups is 3. The highest BCUT2D eigenvalue weighted by molar-refractivity contribution is 5.96. The summed E-state index contributed by atoms with van der Waals surface area (Å²) < 4.78 is 0. The molecule has 0 fully saturated rings. The Morgan fingerprint density at radius 1 is 0.778 bits per heavy atom. The maximum Gasteiger partial charge on any atom is 0.253 e. The average Bonchev–Trinajstić information content (AvgIpc) is 2.90. The number of nitrogens with zero attached hydrogens (tertiary/aromatic N) is 1. The zero-order valence-corrected chi connectivity index (χ0v) is 20.2. The van der Waals surface area contributed by atoms with Crippen molar-refractivity contribution in [2.45, 2.75) is 25.7 Å². The molecule has 4 rings (SSSR count). The third-order valence-corrected chi connectivity index (χ3v) is 6.26. The van der Waals surface area contributed by atoms with Crippen LogP contribution in [0.5, 0.6) is 5.75 Å². The van der Waals surface area contributed by atoms with Crippen molar-refractivity contribution in [1.29, 1.82) is 0 Å². The summed E-state index contributed by atoms with van der Waals surface area (Å²) in [5.74, 6) is -0.213. The third-order valence-electron chi connectivity index (χ3n) is 6.26. The summed E-state index contributed by atoms with van der Waals surface area (Å²) in [5.41, 5.74) is 3.45. The van der Waals surface area contributed by atoms with Crippen LogP contribution >= 0.6 is 0 Å². The smallest absolute Gasteiger partial charge is 0.253 e. The minimum absolute atomic E-state index is 0.0565. The molecule has 186 valence electrons. The molecule has 0 spiro atoms. The molecule has 0 aliphatic carbocycles. The van der Waals surface area contributed by atoms with Crippen molar-refractivity contribution in [2.75, 3.05) is 26.2 Å². The molecular weight excluding hydrogens is 454 g/mol. The van der Waals surface area contributed by atoms with E-state index in [-0.39, 0.29) is 23.5 Å². The van der Waals surface area contributed by atoms with Crippen LogP contribution in [-0.2, 0) is 11.2 Å². The van der Waals surface area contributed by atoms with E-state index in [1.807, 2.05) is 36.4 Å². The van der Waals surface area contributed by atoms with Crippen LogP contribution in [0.15, 0.2) is 72.8 Å². The standard InChI is InChI=1S/C29H31N3O4/c33-26-13-12-21-14-16-30-27(34)11-5-17-32(29(36)22-7-2-1-3-8-22)18-6-15-31-28(35)24-10-4-9-23(20-24)25(26)19-21/h1-4,7-10,12-13,19-20,33H,5-6,11,14-18H2,(H,30,34)(H,31,35). The van der Waals surface area contributed by atoms with E-state index < -0.39 is 0 Å². The molecule has 4 bridgehead atoms. The maximum absolute atomic E-state index is 13.1. The number of hydrogen-bond donors (Lipinski definition) is 3. The van der Waals surface area contributed by atoms with Crippen LogP contribution in [-0.4, -0.2) is 53.9 Å². The van der Waals surface area contributed by atoms with E-state index in [1.54, 1.807) is 41.3 Å². The van der Waals surface area contributed by atoms with Gasteiger partial charge < -0.3 is 20.6 Å². The van der Waals surface area contributed by atoms with Gasteiger partial charge in [-0.15, -0.1) is 0 Å². The summed E-state index contributed by atoms with van der Waals surface area (Å²) in [7, 11) is 0. The Morgan fingerprint density at radius 2 is 1.56 bits per heavy atom. The highest BCUT2D eigenvalue weighted by atomic mass is 16.3. The van der Waals surface area contributed by atoms with Gasteiger partial charge in [-0.1, -0.05) is 36.4 Å². The van der Waals surface area contributed by atoms with Crippen LogP contribution in [0.1, 0.15) is 45.5 Å². The molecule has 36 heavy (non-hydrogen) atoms. The summed E-state index contributed by atoms with van der Waals surface area (Å²) in [6.07, 6.45) is 2.06. The lowest BCUT2D eigenvalue weighted by molar-refractivity contribution is -0.121. The SMILES string of the molecule is O=C1CCCN(C(=O)c2ccccc2)CCCNC(=O)c2cccc(c2)-c2cc(ccc2O)CCN1. The first-order valence-electron chi connectivity index (χ1n) is 12.3. The Labute approximate surface area is 211 Å². The van der Waals surface area contributed by atoms with Crippen molar-refractivity contribution in [3.05, 3.63) is 89.5 Å². The van der Waals surface area contributed by atoms with Gasteiger partial charge in [0.1, 0.15) is 5.75 Å². The van der Waals surface area contributed by atoms with E-state index in [4.69, 9.17) is 0 Å². The first-order valence-corrected chi connectivity index (χ1v) is 12.3. The summed E-state index contributed by atoms with van der Waals surface area (Å²) in [6.45, 7) is 1.80. The second-order valence-corrected chi connectivity index (χ2v) is 8.90. The summed E-state index contributed by atoms with van der Waals surface area (Å²) in [5, 5.41) is 16.3. The Hall–Kier alpha value is -4.13. The van der Waals surface area contributed by atoms with Crippen LogP contribution < -0.4 is 10.6 Å². The van der Waals surface area contributed by atoms with Crippen LogP contribution in [0.4, 0.5) is 0 Å². The Morgan fingerprint density at radius 3 is 2.39 bits per heavy atom. The van der Waals surface area contributed by atoms with Crippen molar-refractivity contribution in [3.8, 4) is 16.9 Å². The van der Waals surface area contributed by atoms with E-state index in [1.165, 1.54) is 0 Å². The highest BCUT2D eigenvalue weighted by Crippen LogP contribution is 2.30. The van der Waals surface area contributed by atoms with E-state index in [9.17, 15) is 19.5 Å². The molecule has 3 N–H and O–H groups in total. The van der Waals surface area contributed by atoms with Crippen LogP contribution in [0.3, 0.4) is 0 Å². The summed E-state index contributed by atoms with van der Waals surface area (Å²) in [6, 6.07) is 21.6. The molecule has 1 aliphatic rings. The number of phenols is 1. The topological polar surface area (TPSA) is 98.7 Å². The number of hydrogen-bond acceptors (Lipinski definition) is 4. The Balaban J connectivity index is 1.53. The molecule has 3 aromatic rings. The van der Waals surface area contributed by atoms with Crippen LogP contribution in [0.2, 0.25) is 0 Å². The van der Waals surface area contributed by atoms with Crippen molar-refractivity contribution < 1.29 is 19.5 Å². The molecule has 7 heteroatoms. The average molecular weight is 486 g/mol. The molecule has 3 amide bonds. The highest BCUT2D eigenvalue weighted by Gasteiger charge is 2.17. The lowest BCUT2D eigenvalue weighted by atomic mass is 9.98. The lowest BCUT2D eigenvalue weighted by Crippen LogP contribution is -2.36. The fourth-order valence-corrected chi connectivity index (χ4v) is 4.32. The molecule has 1 heterocycles. The van der Waals surface area contributed by atoms with Gasteiger partial charge in [-0.2, -0.15) is 0 Å². The monoisotopic (exact) mass is 485 g/mol. The van der Waals surface area contributed by atoms with Crippen molar-refractivity contribution in [3.63, 3.8) is 0 Å². The minimum atomic E-state index is -0.207. The van der Waals surface area contributed by atoms with Gasteiger partial charge in [-0.05, 0) is 66.8 Å². The number of benzene rings is 3. The number of carbonyl (C=O) groups excluding carboxylic acids is 3. The van der Waals surface area contributed by atoms with Gasteiger partial charge in [0.25, 0.3) is 11.8 Å². The quantitative estimate of drug-likeness (QED) is 0.489. The number of fused-ring (bicyclic) bond motifs is 5. The van der Waals surface area contributed by atoms with Crippen molar-refractivity contribution >= 4 is 17.7 Å². The molecule has 0 saturated carbocycles. The number of phenolic OH excluding ortho intramolecular Hbond substituents is 1. The van der Waals surface area contributed by atoms with E-state index in [2.05, 4.69) is 10.6 Å². The molecule has 7 nitrogen and oxygen atoms in total. The maximum atomic E-state index is 13.1. The normalized spacial score (nSPS) is 15.6.